The van der Waals surface area contributed by atoms with Crippen LogP contribution >= 0.6 is 0 Å². The summed E-state index contributed by atoms with van der Waals surface area (Å²) >= 11 is 0. The largest absolute Gasteiger partial charge is 0.382 e. The lowest BCUT2D eigenvalue weighted by atomic mass is 10.3. The van der Waals surface area contributed by atoms with Crippen molar-refractivity contribution >= 4 is 5.82 Å². The Bertz CT molecular complexity index is 421. The van der Waals surface area contributed by atoms with E-state index in [1.807, 2.05) is 0 Å². The molecular weight excluding hydrogens is 183 g/mol. The third-order valence-electron chi connectivity index (χ3n) is 1.77. The van der Waals surface area contributed by atoms with Crippen LogP contribution in [-0.2, 0) is 6.54 Å². The van der Waals surface area contributed by atoms with Crippen molar-refractivity contribution < 1.29 is 4.39 Å². The van der Waals surface area contributed by atoms with Crippen molar-refractivity contribution in [2.45, 2.75) is 6.54 Å². The van der Waals surface area contributed by atoms with Crippen LogP contribution in [0.5, 0.6) is 0 Å². The lowest BCUT2D eigenvalue weighted by Gasteiger charge is -1.99. The molecule has 0 atom stereocenters. The topological polar surface area (TPSA) is 56.7 Å². The molecule has 14 heavy (non-hydrogen) atoms. The summed E-state index contributed by atoms with van der Waals surface area (Å²) in [6, 6.07) is 4.69. The average molecular weight is 192 g/mol. The number of halogens is 1. The number of nitrogens with zero attached hydrogens (tertiary/aromatic N) is 3. The van der Waals surface area contributed by atoms with Crippen molar-refractivity contribution in [2.24, 2.45) is 0 Å². The van der Waals surface area contributed by atoms with Gasteiger partial charge in [0.1, 0.15) is 11.6 Å². The molecule has 2 aromatic rings. The molecule has 0 spiro atoms. The lowest BCUT2D eigenvalue weighted by molar-refractivity contribution is 0.613. The standard InChI is InChI=1S/C9H9FN4/c10-7-1-2-8(12-5-7)6-14-4-3-9(11)13-14/h1-5H,6H2,(H2,11,13). The zero-order valence-electron chi connectivity index (χ0n) is 7.39. The number of aromatic nitrogens is 3. The number of nitrogen functional groups attached to an aromatic ring is 1. The first-order valence-electron chi connectivity index (χ1n) is 4.13. The van der Waals surface area contributed by atoms with Crippen LogP contribution in [0.2, 0.25) is 0 Å². The predicted molar refractivity (Wildman–Crippen MR) is 49.9 cm³/mol. The number of rotatable bonds is 2. The highest BCUT2D eigenvalue weighted by atomic mass is 19.1. The lowest BCUT2D eigenvalue weighted by Crippen LogP contribution is -2.02. The van der Waals surface area contributed by atoms with Gasteiger partial charge in [0.15, 0.2) is 0 Å². The number of hydrogen-bond donors (Lipinski definition) is 1. The molecule has 0 amide bonds. The second-order valence-electron chi connectivity index (χ2n) is 2.91. The van der Waals surface area contributed by atoms with E-state index in [0.29, 0.717) is 12.4 Å². The fraction of sp³-hybridized carbons (Fsp3) is 0.111. The van der Waals surface area contributed by atoms with Crippen molar-refractivity contribution in [1.29, 1.82) is 0 Å². The molecule has 0 aliphatic carbocycles. The minimum absolute atomic E-state index is 0.339. The van der Waals surface area contributed by atoms with Crippen molar-refractivity contribution in [2.75, 3.05) is 5.73 Å². The van der Waals surface area contributed by atoms with Gasteiger partial charge in [-0.3, -0.25) is 9.67 Å². The third-order valence-corrected chi connectivity index (χ3v) is 1.77. The quantitative estimate of drug-likeness (QED) is 0.773. The first-order chi connectivity index (χ1) is 6.74. The van der Waals surface area contributed by atoms with E-state index < -0.39 is 0 Å². The number of hydrogen-bond acceptors (Lipinski definition) is 3. The van der Waals surface area contributed by atoms with Crippen LogP contribution in [0.3, 0.4) is 0 Å². The molecule has 0 bridgehead atoms. The first-order valence-corrected chi connectivity index (χ1v) is 4.13. The van der Waals surface area contributed by atoms with E-state index >= 15 is 0 Å². The summed E-state index contributed by atoms with van der Waals surface area (Å²) in [5.74, 6) is 0.126. The van der Waals surface area contributed by atoms with Gasteiger partial charge in [-0.25, -0.2) is 4.39 Å². The molecule has 0 fully saturated rings. The second-order valence-corrected chi connectivity index (χ2v) is 2.91. The van der Waals surface area contributed by atoms with Crippen molar-refractivity contribution in [3.05, 3.63) is 42.1 Å². The van der Waals surface area contributed by atoms with Gasteiger partial charge in [0.25, 0.3) is 0 Å². The van der Waals surface area contributed by atoms with Gasteiger partial charge < -0.3 is 5.73 Å². The molecule has 0 radical (unpaired) electrons. The Hall–Kier alpha value is -1.91. The maximum atomic E-state index is 12.5. The van der Waals surface area contributed by atoms with Gasteiger partial charge in [-0.1, -0.05) is 0 Å². The highest BCUT2D eigenvalue weighted by Crippen LogP contribution is 2.02. The molecular formula is C9H9FN4. The maximum absolute atomic E-state index is 12.5. The summed E-state index contributed by atoms with van der Waals surface area (Å²) in [4.78, 5) is 3.91. The van der Waals surface area contributed by atoms with E-state index in [2.05, 4.69) is 10.1 Å². The highest BCUT2D eigenvalue weighted by Gasteiger charge is 1.98. The molecule has 2 heterocycles. The molecule has 0 unspecified atom stereocenters. The summed E-state index contributed by atoms with van der Waals surface area (Å²) in [5.41, 5.74) is 6.19. The second kappa shape index (κ2) is 3.45. The zero-order valence-corrected chi connectivity index (χ0v) is 7.39. The van der Waals surface area contributed by atoms with Gasteiger partial charge in [-0.15, -0.1) is 0 Å². The molecule has 0 aromatic carbocycles. The molecule has 0 saturated carbocycles. The monoisotopic (exact) mass is 192 g/mol. The van der Waals surface area contributed by atoms with E-state index in [4.69, 9.17) is 5.73 Å². The molecule has 0 aliphatic heterocycles. The Labute approximate surface area is 80.2 Å². The molecule has 2 aromatic heterocycles. The van der Waals surface area contributed by atoms with E-state index in [1.165, 1.54) is 12.3 Å². The summed E-state index contributed by atoms with van der Waals surface area (Å²) < 4.78 is 14.2. The molecule has 72 valence electrons. The highest BCUT2D eigenvalue weighted by molar-refractivity contribution is 5.24. The third kappa shape index (κ3) is 1.87. The minimum atomic E-state index is -0.339. The fourth-order valence-corrected chi connectivity index (χ4v) is 1.13. The van der Waals surface area contributed by atoms with Gasteiger partial charge >= 0.3 is 0 Å². The van der Waals surface area contributed by atoms with Gasteiger partial charge in [-0.05, 0) is 18.2 Å². The predicted octanol–water partition coefficient (Wildman–Crippen LogP) is 1.05. The first kappa shape index (κ1) is 8.68. The molecule has 4 nitrogen and oxygen atoms in total. The van der Waals surface area contributed by atoms with Gasteiger partial charge in [-0.2, -0.15) is 5.10 Å². The summed E-state index contributed by atoms with van der Waals surface area (Å²) in [5, 5.41) is 3.99. The Morgan fingerprint density at radius 3 is 2.79 bits per heavy atom. The average Bonchev–Trinajstić information content (AvgIpc) is 2.56. The minimum Gasteiger partial charge on any atom is -0.382 e. The van der Waals surface area contributed by atoms with Crippen LogP contribution in [-0.4, -0.2) is 14.8 Å². The Morgan fingerprint density at radius 1 is 1.36 bits per heavy atom. The Balaban J connectivity index is 2.15. The summed E-state index contributed by atoms with van der Waals surface area (Å²) in [6.07, 6.45) is 2.93. The van der Waals surface area contributed by atoms with Crippen LogP contribution in [0.4, 0.5) is 10.2 Å². The number of anilines is 1. The van der Waals surface area contributed by atoms with Crippen molar-refractivity contribution in [3.63, 3.8) is 0 Å². The van der Waals surface area contributed by atoms with Gasteiger partial charge in [0.05, 0.1) is 18.4 Å². The molecule has 2 rings (SSSR count). The molecule has 0 saturated heterocycles. The normalized spacial score (nSPS) is 10.4. The zero-order chi connectivity index (χ0) is 9.97. The molecule has 5 heteroatoms. The van der Waals surface area contributed by atoms with E-state index in [0.717, 1.165) is 5.69 Å². The fourth-order valence-electron chi connectivity index (χ4n) is 1.13. The maximum Gasteiger partial charge on any atom is 0.145 e. The van der Waals surface area contributed by atoms with Crippen LogP contribution in [0.1, 0.15) is 5.69 Å². The van der Waals surface area contributed by atoms with Gasteiger partial charge in [0.2, 0.25) is 0 Å². The Morgan fingerprint density at radius 2 is 2.21 bits per heavy atom. The van der Waals surface area contributed by atoms with Crippen LogP contribution < -0.4 is 5.73 Å². The van der Waals surface area contributed by atoms with Crippen molar-refractivity contribution in [3.8, 4) is 0 Å². The summed E-state index contributed by atoms with van der Waals surface area (Å²) in [7, 11) is 0. The number of pyridine rings is 1. The smallest absolute Gasteiger partial charge is 0.145 e. The SMILES string of the molecule is Nc1ccn(Cc2ccc(F)cn2)n1. The van der Waals surface area contributed by atoms with E-state index in [1.54, 1.807) is 23.0 Å². The Kier molecular flexibility index (Phi) is 2.14. The van der Waals surface area contributed by atoms with E-state index in [-0.39, 0.29) is 5.82 Å². The van der Waals surface area contributed by atoms with Gasteiger partial charge in [0, 0.05) is 6.20 Å². The molecule has 2 N–H and O–H groups in total. The van der Waals surface area contributed by atoms with Crippen LogP contribution in [0.15, 0.2) is 30.6 Å². The van der Waals surface area contributed by atoms with E-state index in [9.17, 15) is 4.39 Å². The van der Waals surface area contributed by atoms with Crippen LogP contribution in [0.25, 0.3) is 0 Å². The number of nitrogens with two attached hydrogens (primary N) is 1. The van der Waals surface area contributed by atoms with Crippen molar-refractivity contribution in [1.82, 2.24) is 14.8 Å². The van der Waals surface area contributed by atoms with Crippen LogP contribution in [0, 0.1) is 5.82 Å². The molecule has 0 aliphatic rings. The summed E-state index contributed by atoms with van der Waals surface area (Å²) in [6.45, 7) is 0.498.